The van der Waals surface area contributed by atoms with Gasteiger partial charge in [-0.2, -0.15) is 0 Å². The molecule has 1 aliphatic carbocycles. The van der Waals surface area contributed by atoms with Crippen LogP contribution in [0.2, 0.25) is 0 Å². The monoisotopic (exact) mass is 279 g/mol. The summed E-state index contributed by atoms with van der Waals surface area (Å²) in [6.45, 7) is 9.21. The lowest BCUT2D eigenvalue weighted by Gasteiger charge is -2.36. The largest absolute Gasteiger partial charge is 0.308 e. The molecule has 0 unspecified atom stereocenters. The van der Waals surface area contributed by atoms with Crippen molar-refractivity contribution in [1.29, 1.82) is 0 Å². The second-order valence-corrected chi connectivity index (χ2v) is 7.77. The molecular weight excluding hydrogens is 254 g/mol. The minimum atomic E-state index is 0.540. The normalized spacial score (nSPS) is 23.7. The maximum atomic E-state index is 4.75. The highest BCUT2D eigenvalue weighted by molar-refractivity contribution is 7.09. The zero-order valence-electron chi connectivity index (χ0n) is 12.1. The molecule has 0 spiro atoms. The predicted octanol–water partition coefficient (Wildman–Crippen LogP) is 3.02. The van der Waals surface area contributed by atoms with E-state index in [1.54, 1.807) is 0 Å². The van der Waals surface area contributed by atoms with Crippen LogP contribution in [0.15, 0.2) is 5.38 Å². The summed E-state index contributed by atoms with van der Waals surface area (Å²) in [4.78, 5) is 7.31. The molecule has 0 amide bonds. The van der Waals surface area contributed by atoms with E-state index < -0.39 is 0 Å². The fourth-order valence-corrected chi connectivity index (χ4v) is 3.30. The molecule has 2 aliphatic rings. The number of thiazole rings is 1. The average molecular weight is 279 g/mol. The Labute approximate surface area is 120 Å². The quantitative estimate of drug-likeness (QED) is 0.898. The van der Waals surface area contributed by atoms with Gasteiger partial charge in [0.25, 0.3) is 0 Å². The van der Waals surface area contributed by atoms with Crippen molar-refractivity contribution in [2.45, 2.75) is 58.7 Å². The Hall–Kier alpha value is -0.450. The molecule has 1 saturated carbocycles. The summed E-state index contributed by atoms with van der Waals surface area (Å²) in [6, 6.07) is 0.775. The fraction of sp³-hybridized carbons (Fsp3) is 0.800. The smallest absolute Gasteiger partial charge is 0.107 e. The molecule has 4 heteroatoms. The van der Waals surface area contributed by atoms with Crippen LogP contribution in [0.3, 0.4) is 0 Å². The lowest BCUT2D eigenvalue weighted by atomic mass is 9.83. The number of hydrogen-bond acceptors (Lipinski definition) is 4. The first-order valence-electron chi connectivity index (χ1n) is 7.50. The van der Waals surface area contributed by atoms with Gasteiger partial charge in [-0.3, -0.25) is 4.90 Å². The van der Waals surface area contributed by atoms with Crippen molar-refractivity contribution >= 4 is 11.3 Å². The predicted molar refractivity (Wildman–Crippen MR) is 80.3 cm³/mol. The Bertz CT molecular complexity index is 413. The van der Waals surface area contributed by atoms with Gasteiger partial charge in [0, 0.05) is 24.5 Å². The summed E-state index contributed by atoms with van der Waals surface area (Å²) >= 11 is 1.81. The molecule has 0 bridgehead atoms. The summed E-state index contributed by atoms with van der Waals surface area (Å²) in [7, 11) is 0. The number of nitrogens with zero attached hydrogens (tertiary/aromatic N) is 2. The van der Waals surface area contributed by atoms with E-state index in [2.05, 4.69) is 29.4 Å². The lowest BCUT2D eigenvalue weighted by molar-refractivity contribution is 0.126. The van der Waals surface area contributed by atoms with Crippen LogP contribution in [0.4, 0.5) is 0 Å². The van der Waals surface area contributed by atoms with Crippen LogP contribution in [0.5, 0.6) is 0 Å². The van der Waals surface area contributed by atoms with Gasteiger partial charge >= 0.3 is 0 Å². The van der Waals surface area contributed by atoms with E-state index in [9.17, 15) is 0 Å². The Morgan fingerprint density at radius 1 is 1.37 bits per heavy atom. The second-order valence-electron chi connectivity index (χ2n) is 6.83. The molecule has 1 aromatic heterocycles. The van der Waals surface area contributed by atoms with E-state index in [-0.39, 0.29) is 0 Å². The molecule has 0 radical (unpaired) electrons. The number of piperidine rings is 1. The van der Waals surface area contributed by atoms with E-state index in [0.29, 0.717) is 5.41 Å². The van der Waals surface area contributed by atoms with Crippen molar-refractivity contribution in [3.63, 3.8) is 0 Å². The zero-order chi connectivity index (χ0) is 13.3. The number of nitrogens with one attached hydrogen (secondary N) is 1. The van der Waals surface area contributed by atoms with Gasteiger partial charge in [-0.1, -0.05) is 13.8 Å². The third-order valence-corrected chi connectivity index (χ3v) is 5.21. The maximum Gasteiger partial charge on any atom is 0.107 e. The minimum Gasteiger partial charge on any atom is -0.308 e. The molecule has 2 fully saturated rings. The van der Waals surface area contributed by atoms with Crippen LogP contribution in [0.1, 0.15) is 50.2 Å². The van der Waals surface area contributed by atoms with Gasteiger partial charge < -0.3 is 5.32 Å². The molecule has 1 N–H and O–H groups in total. The molecule has 3 rings (SSSR count). The van der Waals surface area contributed by atoms with E-state index in [0.717, 1.165) is 19.1 Å². The van der Waals surface area contributed by atoms with Gasteiger partial charge in [0.15, 0.2) is 0 Å². The van der Waals surface area contributed by atoms with Crippen LogP contribution < -0.4 is 5.32 Å². The summed E-state index contributed by atoms with van der Waals surface area (Å²) in [5.41, 5.74) is 1.80. The van der Waals surface area contributed by atoms with Crippen molar-refractivity contribution in [3.05, 3.63) is 16.1 Å². The SMILES string of the molecule is CC1(C)CCN(Cc2csc(CNC3CC3)n2)CC1. The first kappa shape index (κ1) is 13.5. The van der Waals surface area contributed by atoms with Crippen molar-refractivity contribution in [3.8, 4) is 0 Å². The van der Waals surface area contributed by atoms with Crippen LogP contribution >= 0.6 is 11.3 Å². The highest BCUT2D eigenvalue weighted by Gasteiger charge is 2.25. The number of hydrogen-bond donors (Lipinski definition) is 1. The molecule has 1 aliphatic heterocycles. The van der Waals surface area contributed by atoms with Crippen molar-refractivity contribution in [2.24, 2.45) is 5.41 Å². The summed E-state index contributed by atoms with van der Waals surface area (Å²) in [5, 5.41) is 7.02. The first-order chi connectivity index (χ1) is 9.11. The average Bonchev–Trinajstić information content (AvgIpc) is 3.10. The van der Waals surface area contributed by atoms with Crippen molar-refractivity contribution in [2.75, 3.05) is 13.1 Å². The molecule has 106 valence electrons. The van der Waals surface area contributed by atoms with E-state index >= 15 is 0 Å². The number of likely N-dealkylation sites (tertiary alicyclic amines) is 1. The number of aromatic nitrogens is 1. The van der Waals surface area contributed by atoms with Gasteiger partial charge in [-0.25, -0.2) is 4.98 Å². The maximum absolute atomic E-state index is 4.75. The third-order valence-electron chi connectivity index (χ3n) is 4.31. The second kappa shape index (κ2) is 5.51. The number of rotatable bonds is 5. The Kier molecular flexibility index (Phi) is 3.92. The van der Waals surface area contributed by atoms with Crippen molar-refractivity contribution < 1.29 is 0 Å². The van der Waals surface area contributed by atoms with Gasteiger partial charge in [0.2, 0.25) is 0 Å². The van der Waals surface area contributed by atoms with Crippen LogP contribution in [-0.4, -0.2) is 29.0 Å². The molecule has 3 nitrogen and oxygen atoms in total. The van der Waals surface area contributed by atoms with Crippen LogP contribution in [0.25, 0.3) is 0 Å². The standard InChI is InChI=1S/C15H25N3S/c1-15(2)5-7-18(8-6-15)10-13-11-19-14(17-13)9-16-12-3-4-12/h11-12,16H,3-10H2,1-2H3. The summed E-state index contributed by atoms with van der Waals surface area (Å²) in [6.07, 6.45) is 5.32. The van der Waals surface area contributed by atoms with Gasteiger partial charge in [0.1, 0.15) is 5.01 Å². The Balaban J connectivity index is 1.47. The lowest BCUT2D eigenvalue weighted by Crippen LogP contribution is -2.36. The van der Waals surface area contributed by atoms with Crippen molar-refractivity contribution in [1.82, 2.24) is 15.2 Å². The summed E-state index contributed by atoms with van der Waals surface area (Å²) < 4.78 is 0. The first-order valence-corrected chi connectivity index (χ1v) is 8.38. The molecule has 0 aromatic carbocycles. The molecule has 1 saturated heterocycles. The zero-order valence-corrected chi connectivity index (χ0v) is 12.9. The summed E-state index contributed by atoms with van der Waals surface area (Å²) in [5.74, 6) is 0. The molecular formula is C15H25N3S. The topological polar surface area (TPSA) is 28.2 Å². The molecule has 1 aromatic rings. The highest BCUT2D eigenvalue weighted by Crippen LogP contribution is 2.30. The highest BCUT2D eigenvalue weighted by atomic mass is 32.1. The van der Waals surface area contributed by atoms with E-state index in [4.69, 9.17) is 4.98 Å². The Morgan fingerprint density at radius 2 is 2.11 bits per heavy atom. The third kappa shape index (κ3) is 4.01. The van der Waals surface area contributed by atoms with E-state index in [1.807, 2.05) is 11.3 Å². The van der Waals surface area contributed by atoms with E-state index in [1.165, 1.54) is 49.5 Å². The minimum absolute atomic E-state index is 0.540. The molecule has 19 heavy (non-hydrogen) atoms. The van der Waals surface area contributed by atoms with Gasteiger partial charge in [0.05, 0.1) is 5.69 Å². The Morgan fingerprint density at radius 3 is 2.79 bits per heavy atom. The van der Waals surface area contributed by atoms with Crippen LogP contribution in [-0.2, 0) is 13.1 Å². The molecule has 2 heterocycles. The van der Waals surface area contributed by atoms with Crippen LogP contribution in [0, 0.1) is 5.41 Å². The van der Waals surface area contributed by atoms with Gasteiger partial charge in [-0.15, -0.1) is 11.3 Å². The van der Waals surface area contributed by atoms with Gasteiger partial charge in [-0.05, 0) is 44.2 Å². The molecule has 0 atom stereocenters. The fourth-order valence-electron chi connectivity index (χ4n) is 2.57.